The lowest BCUT2D eigenvalue weighted by atomic mass is 9.69. The molecule has 3 nitrogen and oxygen atoms in total. The Morgan fingerprint density at radius 2 is 1.46 bits per heavy atom. The fourth-order valence-electron chi connectivity index (χ4n) is 4.08. The summed E-state index contributed by atoms with van der Waals surface area (Å²) in [5, 5.41) is 0. The van der Waals surface area contributed by atoms with E-state index in [4.69, 9.17) is 9.47 Å². The maximum absolute atomic E-state index is 14.0. The van der Waals surface area contributed by atoms with E-state index in [1.165, 1.54) is 0 Å². The smallest absolute Gasteiger partial charge is 0.184 e. The lowest BCUT2D eigenvalue weighted by Crippen LogP contribution is -2.45. The first-order valence-electron chi connectivity index (χ1n) is 9.50. The van der Waals surface area contributed by atoms with Gasteiger partial charge in [0.15, 0.2) is 17.7 Å². The summed E-state index contributed by atoms with van der Waals surface area (Å²) < 4.78 is 12.7. The molecule has 2 aromatic rings. The van der Waals surface area contributed by atoms with Crippen molar-refractivity contribution in [3.05, 3.63) is 71.8 Å². The van der Waals surface area contributed by atoms with Gasteiger partial charge in [-0.2, -0.15) is 0 Å². The molecule has 3 atom stereocenters. The summed E-state index contributed by atoms with van der Waals surface area (Å²) in [6.45, 7) is 8.01. The number of hydrogen-bond donors (Lipinski definition) is 0. The van der Waals surface area contributed by atoms with Gasteiger partial charge in [-0.1, -0.05) is 74.5 Å². The number of rotatable bonds is 6. The summed E-state index contributed by atoms with van der Waals surface area (Å²) >= 11 is 0. The molecule has 0 saturated carbocycles. The van der Waals surface area contributed by atoms with E-state index in [-0.39, 0.29) is 11.9 Å². The van der Waals surface area contributed by atoms with Crippen LogP contribution in [0, 0.1) is 0 Å². The van der Waals surface area contributed by atoms with Crippen molar-refractivity contribution in [2.24, 2.45) is 0 Å². The average molecular weight is 352 g/mol. The minimum absolute atomic E-state index is 0.0362. The van der Waals surface area contributed by atoms with Crippen molar-refractivity contribution in [3.8, 4) is 0 Å². The molecule has 0 bridgehead atoms. The van der Waals surface area contributed by atoms with Gasteiger partial charge in [-0.3, -0.25) is 4.79 Å². The molecule has 0 N–H and O–H groups in total. The van der Waals surface area contributed by atoms with Crippen molar-refractivity contribution in [1.82, 2.24) is 0 Å². The molecule has 138 valence electrons. The highest BCUT2D eigenvalue weighted by molar-refractivity contribution is 6.00. The highest BCUT2D eigenvalue weighted by Gasteiger charge is 2.64. The van der Waals surface area contributed by atoms with Crippen molar-refractivity contribution in [2.75, 3.05) is 0 Å². The topological polar surface area (TPSA) is 35.5 Å². The Hall–Kier alpha value is -1.97. The van der Waals surface area contributed by atoms with Gasteiger partial charge in [-0.05, 0) is 37.8 Å². The second kappa shape index (κ2) is 7.34. The van der Waals surface area contributed by atoms with Crippen molar-refractivity contribution >= 4 is 5.78 Å². The number of Topliss-reactive ketones (excluding diaryl/α,β-unsaturated/α-hetero) is 1. The monoisotopic (exact) mass is 352 g/mol. The first kappa shape index (κ1) is 18.8. The third kappa shape index (κ3) is 2.80. The van der Waals surface area contributed by atoms with Crippen LogP contribution in [0.5, 0.6) is 0 Å². The Balaban J connectivity index is 2.20. The largest absolute Gasteiger partial charge is 0.348 e. The second-order valence-electron chi connectivity index (χ2n) is 7.20. The molecule has 0 radical (unpaired) electrons. The number of carbonyl (C=O) groups excluding carboxylic acids is 1. The van der Waals surface area contributed by atoms with Crippen LogP contribution in [0.2, 0.25) is 0 Å². The van der Waals surface area contributed by atoms with Crippen LogP contribution in [0.25, 0.3) is 0 Å². The Morgan fingerprint density at radius 1 is 0.923 bits per heavy atom. The van der Waals surface area contributed by atoms with Gasteiger partial charge >= 0.3 is 0 Å². The molecular formula is C23H28O3. The fraction of sp³-hybridized carbons (Fsp3) is 0.435. The fourth-order valence-corrected chi connectivity index (χ4v) is 4.08. The zero-order valence-electron chi connectivity index (χ0n) is 16.1. The molecule has 0 spiro atoms. The van der Waals surface area contributed by atoms with Crippen molar-refractivity contribution in [1.29, 1.82) is 0 Å². The minimum Gasteiger partial charge on any atom is -0.348 e. The van der Waals surface area contributed by atoms with Crippen LogP contribution < -0.4 is 0 Å². The van der Waals surface area contributed by atoms with Gasteiger partial charge in [0, 0.05) is 0 Å². The molecule has 26 heavy (non-hydrogen) atoms. The van der Waals surface area contributed by atoms with E-state index in [9.17, 15) is 4.79 Å². The number of benzene rings is 2. The highest BCUT2D eigenvalue weighted by atomic mass is 16.7. The Labute approximate surface area is 156 Å². The van der Waals surface area contributed by atoms with Gasteiger partial charge in [0.25, 0.3) is 0 Å². The predicted molar refractivity (Wildman–Crippen MR) is 103 cm³/mol. The van der Waals surface area contributed by atoms with Gasteiger partial charge in [0.1, 0.15) is 5.41 Å². The van der Waals surface area contributed by atoms with Crippen LogP contribution in [0.1, 0.15) is 51.7 Å². The van der Waals surface area contributed by atoms with Gasteiger partial charge in [-0.15, -0.1) is 0 Å². The average Bonchev–Trinajstić information content (AvgIpc) is 2.92. The van der Waals surface area contributed by atoms with E-state index >= 15 is 0 Å². The standard InChI is InChI=1S/C23H28O3/c1-5-22(18-13-9-7-10-14-18)20(24)23(6-2,19-15-11-8-12-16-19)26-21(22)25-17(3)4/h7-17,21H,5-6H2,1-4H3/t21-,22+,23-/m1/s1. The van der Waals surface area contributed by atoms with Crippen LogP contribution in [-0.4, -0.2) is 18.2 Å². The zero-order valence-corrected chi connectivity index (χ0v) is 16.1. The lowest BCUT2D eigenvalue weighted by Gasteiger charge is -2.32. The summed E-state index contributed by atoms with van der Waals surface area (Å²) in [5.41, 5.74) is 0.0739. The van der Waals surface area contributed by atoms with Gasteiger partial charge in [0.2, 0.25) is 0 Å². The van der Waals surface area contributed by atoms with Crippen molar-refractivity contribution < 1.29 is 14.3 Å². The molecule has 2 aromatic carbocycles. The zero-order chi connectivity index (χ0) is 18.8. The Kier molecular flexibility index (Phi) is 5.31. The van der Waals surface area contributed by atoms with E-state index in [1.54, 1.807) is 0 Å². The number of ketones is 1. The van der Waals surface area contributed by atoms with E-state index in [0.29, 0.717) is 12.8 Å². The molecule has 0 aliphatic carbocycles. The summed E-state index contributed by atoms with van der Waals surface area (Å²) in [5.74, 6) is 0.0954. The van der Waals surface area contributed by atoms with Gasteiger partial charge in [-0.25, -0.2) is 0 Å². The minimum atomic E-state index is -0.979. The van der Waals surface area contributed by atoms with Crippen LogP contribution in [0.3, 0.4) is 0 Å². The molecular weight excluding hydrogens is 324 g/mol. The maximum atomic E-state index is 14.0. The van der Waals surface area contributed by atoms with Crippen LogP contribution in [0.4, 0.5) is 0 Å². The van der Waals surface area contributed by atoms with Gasteiger partial charge in [0.05, 0.1) is 6.10 Å². The number of hydrogen-bond acceptors (Lipinski definition) is 3. The Bertz CT molecular complexity index is 741. The molecule has 3 heteroatoms. The summed E-state index contributed by atoms with van der Waals surface area (Å²) in [4.78, 5) is 14.0. The SMILES string of the molecule is CC[C@]1(c2ccccc2)O[C@@H](OC(C)C)[C@@](CC)(c2ccccc2)C1=O. The number of ether oxygens (including phenoxy) is 2. The van der Waals surface area contributed by atoms with Gasteiger partial charge < -0.3 is 9.47 Å². The molecule has 0 amide bonds. The molecule has 1 aliphatic heterocycles. The highest BCUT2D eigenvalue weighted by Crippen LogP contribution is 2.52. The van der Waals surface area contributed by atoms with Crippen molar-refractivity contribution in [3.63, 3.8) is 0 Å². The third-order valence-corrected chi connectivity index (χ3v) is 5.46. The van der Waals surface area contributed by atoms with Crippen LogP contribution >= 0.6 is 0 Å². The van der Waals surface area contributed by atoms with E-state index < -0.39 is 17.3 Å². The van der Waals surface area contributed by atoms with Crippen LogP contribution in [0.15, 0.2) is 60.7 Å². The van der Waals surface area contributed by atoms with E-state index in [1.807, 2.05) is 88.4 Å². The molecule has 1 fully saturated rings. The third-order valence-electron chi connectivity index (χ3n) is 5.46. The summed E-state index contributed by atoms with van der Waals surface area (Å²) in [7, 11) is 0. The van der Waals surface area contributed by atoms with Crippen molar-refractivity contribution in [2.45, 2.75) is 63.9 Å². The molecule has 1 saturated heterocycles. The quantitative estimate of drug-likeness (QED) is 0.735. The normalized spacial score (nSPS) is 28.7. The lowest BCUT2D eigenvalue weighted by molar-refractivity contribution is -0.205. The maximum Gasteiger partial charge on any atom is 0.184 e. The number of carbonyl (C=O) groups is 1. The van der Waals surface area contributed by atoms with Crippen LogP contribution in [-0.2, 0) is 25.3 Å². The molecule has 1 heterocycles. The Morgan fingerprint density at radius 3 is 1.92 bits per heavy atom. The first-order chi connectivity index (χ1) is 12.5. The van der Waals surface area contributed by atoms with E-state index in [0.717, 1.165) is 11.1 Å². The summed E-state index contributed by atoms with van der Waals surface area (Å²) in [6.07, 6.45) is 0.554. The molecule has 0 aromatic heterocycles. The predicted octanol–water partition coefficient (Wildman–Crippen LogP) is 4.99. The molecule has 0 unspecified atom stereocenters. The molecule has 1 aliphatic rings. The second-order valence-corrected chi connectivity index (χ2v) is 7.20. The first-order valence-corrected chi connectivity index (χ1v) is 9.50. The van der Waals surface area contributed by atoms with E-state index in [2.05, 4.69) is 0 Å². The summed E-state index contributed by atoms with van der Waals surface area (Å²) in [6, 6.07) is 19.8. The molecule has 3 rings (SSSR count).